The van der Waals surface area contributed by atoms with Gasteiger partial charge in [-0.2, -0.15) is 0 Å². The lowest BCUT2D eigenvalue weighted by atomic mass is 10.1. The molecular weight excluding hydrogens is 244 g/mol. The largest absolute Gasteiger partial charge is 0.495 e. The van der Waals surface area contributed by atoms with E-state index in [2.05, 4.69) is 4.74 Å². The summed E-state index contributed by atoms with van der Waals surface area (Å²) in [5.74, 6) is -1.89. The molecule has 1 N–H and O–H groups in total. The number of carboxylic acid groups (broad SMARTS) is 1. The molecule has 0 saturated carbocycles. The Kier molecular flexibility index (Phi) is 4.47. The van der Waals surface area contributed by atoms with E-state index in [0.29, 0.717) is 0 Å². The van der Waals surface area contributed by atoms with E-state index in [1.54, 1.807) is 0 Å². The molecule has 0 aliphatic carbocycles. The van der Waals surface area contributed by atoms with Gasteiger partial charge in [0.05, 0.1) is 26.7 Å². The van der Waals surface area contributed by atoms with E-state index in [4.69, 9.17) is 14.3 Å². The number of methoxy groups -OCH3 is 2. The van der Waals surface area contributed by atoms with Crippen LogP contribution in [-0.2, 0) is 16.0 Å². The number of ether oxygens (including phenoxy) is 2. The van der Waals surface area contributed by atoms with E-state index < -0.39 is 17.6 Å². The number of carboxylic acids is 1. The summed E-state index contributed by atoms with van der Waals surface area (Å²) in [5.41, 5.74) is -0.791. The molecule has 1 heterocycles. The van der Waals surface area contributed by atoms with Gasteiger partial charge >= 0.3 is 17.6 Å². The lowest BCUT2D eigenvalue weighted by molar-refractivity contribution is -0.137. The number of aliphatic carboxylic acids is 1. The number of hydrogen-bond donors (Lipinski definition) is 1. The van der Waals surface area contributed by atoms with Gasteiger partial charge in [0.2, 0.25) is 0 Å². The van der Waals surface area contributed by atoms with Gasteiger partial charge in [-0.05, 0) is 0 Å². The number of esters is 1. The summed E-state index contributed by atoms with van der Waals surface area (Å²) in [6.07, 6.45) is -0.383. The Balaban J connectivity index is 3.27. The standard InChI is InChI=1S/C11H12O7/c1-16-7-5-9(14)18-6(3-4-8(12)13)10(7)11(15)17-2/h5H,3-4H2,1-2H3,(H,12,13). The first-order valence-electron chi connectivity index (χ1n) is 5.00. The Morgan fingerprint density at radius 3 is 2.56 bits per heavy atom. The van der Waals surface area contributed by atoms with E-state index in [1.807, 2.05) is 0 Å². The highest BCUT2D eigenvalue weighted by Crippen LogP contribution is 2.22. The predicted octanol–water partition coefficient (Wildman–Crippen LogP) is 0.452. The zero-order valence-corrected chi connectivity index (χ0v) is 9.89. The van der Waals surface area contributed by atoms with Crippen molar-refractivity contribution in [3.63, 3.8) is 0 Å². The van der Waals surface area contributed by atoms with Crippen molar-refractivity contribution in [1.29, 1.82) is 0 Å². The molecule has 7 nitrogen and oxygen atoms in total. The van der Waals surface area contributed by atoms with Crippen molar-refractivity contribution in [2.24, 2.45) is 0 Å². The summed E-state index contributed by atoms with van der Waals surface area (Å²) >= 11 is 0. The first kappa shape index (κ1) is 13.8. The van der Waals surface area contributed by atoms with Crippen LogP contribution in [0.25, 0.3) is 0 Å². The molecule has 7 heteroatoms. The van der Waals surface area contributed by atoms with Gasteiger partial charge in [0.25, 0.3) is 0 Å². The zero-order chi connectivity index (χ0) is 13.7. The second kappa shape index (κ2) is 5.85. The third-order valence-electron chi connectivity index (χ3n) is 2.17. The molecule has 0 aliphatic heterocycles. The Morgan fingerprint density at radius 2 is 2.06 bits per heavy atom. The number of carbonyl (C=O) groups excluding carboxylic acids is 1. The molecule has 0 saturated heterocycles. The fourth-order valence-corrected chi connectivity index (χ4v) is 1.39. The van der Waals surface area contributed by atoms with E-state index in [1.165, 1.54) is 7.11 Å². The Hall–Kier alpha value is -2.31. The molecule has 18 heavy (non-hydrogen) atoms. The molecule has 0 fully saturated rings. The average molecular weight is 256 g/mol. The molecule has 0 aromatic carbocycles. The fraction of sp³-hybridized carbons (Fsp3) is 0.364. The van der Waals surface area contributed by atoms with Gasteiger partial charge in [0.1, 0.15) is 17.1 Å². The van der Waals surface area contributed by atoms with Gasteiger partial charge in [0.15, 0.2) is 0 Å². The van der Waals surface area contributed by atoms with Crippen LogP contribution in [0.1, 0.15) is 22.5 Å². The first-order valence-corrected chi connectivity index (χ1v) is 5.00. The van der Waals surface area contributed by atoms with Crippen LogP contribution in [0.4, 0.5) is 0 Å². The summed E-state index contributed by atoms with van der Waals surface area (Å²) < 4.78 is 14.3. The molecule has 1 rings (SSSR count). The van der Waals surface area contributed by atoms with Crippen molar-refractivity contribution in [2.45, 2.75) is 12.8 Å². The molecule has 0 amide bonds. The fourth-order valence-electron chi connectivity index (χ4n) is 1.39. The monoisotopic (exact) mass is 256 g/mol. The van der Waals surface area contributed by atoms with Crippen LogP contribution < -0.4 is 10.4 Å². The normalized spacial score (nSPS) is 9.89. The summed E-state index contributed by atoms with van der Waals surface area (Å²) in [5, 5.41) is 8.59. The van der Waals surface area contributed by atoms with Crippen LogP contribution in [0, 0.1) is 0 Å². The molecular formula is C11H12O7. The SMILES string of the molecule is COC(=O)c1c(OC)cc(=O)oc1CCC(=O)O. The smallest absolute Gasteiger partial charge is 0.345 e. The molecule has 98 valence electrons. The van der Waals surface area contributed by atoms with Crippen LogP contribution in [0.3, 0.4) is 0 Å². The minimum Gasteiger partial charge on any atom is -0.495 e. The highest BCUT2D eigenvalue weighted by molar-refractivity contribution is 5.93. The summed E-state index contributed by atoms with van der Waals surface area (Å²) in [4.78, 5) is 33.3. The third kappa shape index (κ3) is 3.09. The predicted molar refractivity (Wildman–Crippen MR) is 58.8 cm³/mol. The van der Waals surface area contributed by atoms with Gasteiger partial charge in [-0.15, -0.1) is 0 Å². The quantitative estimate of drug-likeness (QED) is 0.763. The second-order valence-electron chi connectivity index (χ2n) is 3.32. The second-order valence-corrected chi connectivity index (χ2v) is 3.32. The molecule has 0 unspecified atom stereocenters. The van der Waals surface area contributed by atoms with E-state index in [-0.39, 0.29) is 29.9 Å². The van der Waals surface area contributed by atoms with Gasteiger partial charge in [-0.25, -0.2) is 9.59 Å². The molecule has 0 bridgehead atoms. The minimum absolute atomic E-state index is 0.00140. The molecule has 0 radical (unpaired) electrons. The van der Waals surface area contributed by atoms with E-state index in [0.717, 1.165) is 13.2 Å². The van der Waals surface area contributed by atoms with Crippen molar-refractivity contribution < 1.29 is 28.6 Å². The maximum Gasteiger partial charge on any atom is 0.345 e. The number of hydrogen-bond acceptors (Lipinski definition) is 6. The maximum absolute atomic E-state index is 11.6. The third-order valence-corrected chi connectivity index (χ3v) is 2.17. The van der Waals surface area contributed by atoms with Crippen LogP contribution >= 0.6 is 0 Å². The van der Waals surface area contributed by atoms with Gasteiger partial charge in [0, 0.05) is 6.42 Å². The summed E-state index contributed by atoms with van der Waals surface area (Å²) in [7, 11) is 2.44. The van der Waals surface area contributed by atoms with Crippen LogP contribution in [-0.4, -0.2) is 31.3 Å². The van der Waals surface area contributed by atoms with Crippen LogP contribution in [0.5, 0.6) is 5.75 Å². The molecule has 0 aliphatic rings. The summed E-state index contributed by atoms with van der Waals surface area (Å²) in [6, 6.07) is 0.997. The van der Waals surface area contributed by atoms with Gasteiger partial charge in [-0.1, -0.05) is 0 Å². The highest BCUT2D eigenvalue weighted by atomic mass is 16.5. The Bertz CT molecular complexity index is 515. The molecule has 0 spiro atoms. The Labute approximate surface area is 102 Å². The summed E-state index contributed by atoms with van der Waals surface area (Å²) in [6.45, 7) is 0. The lowest BCUT2D eigenvalue weighted by Crippen LogP contribution is -2.14. The molecule has 0 atom stereocenters. The topological polar surface area (TPSA) is 103 Å². The average Bonchev–Trinajstić information content (AvgIpc) is 2.34. The number of carbonyl (C=O) groups is 2. The maximum atomic E-state index is 11.6. The van der Waals surface area contributed by atoms with E-state index >= 15 is 0 Å². The lowest BCUT2D eigenvalue weighted by Gasteiger charge is -2.09. The van der Waals surface area contributed by atoms with Gasteiger partial charge < -0.3 is 19.0 Å². The van der Waals surface area contributed by atoms with Crippen LogP contribution in [0.15, 0.2) is 15.3 Å². The van der Waals surface area contributed by atoms with Crippen LogP contribution in [0.2, 0.25) is 0 Å². The van der Waals surface area contributed by atoms with Gasteiger partial charge in [-0.3, -0.25) is 4.79 Å². The number of rotatable bonds is 5. The minimum atomic E-state index is -1.07. The van der Waals surface area contributed by atoms with Crippen molar-refractivity contribution in [1.82, 2.24) is 0 Å². The highest BCUT2D eigenvalue weighted by Gasteiger charge is 2.22. The molecule has 1 aromatic rings. The Morgan fingerprint density at radius 1 is 1.39 bits per heavy atom. The molecule has 1 aromatic heterocycles. The van der Waals surface area contributed by atoms with Crippen molar-refractivity contribution >= 4 is 11.9 Å². The van der Waals surface area contributed by atoms with Crippen molar-refractivity contribution in [2.75, 3.05) is 14.2 Å². The first-order chi connectivity index (χ1) is 8.49. The van der Waals surface area contributed by atoms with Crippen molar-refractivity contribution in [3.8, 4) is 5.75 Å². The zero-order valence-electron chi connectivity index (χ0n) is 9.89. The van der Waals surface area contributed by atoms with E-state index in [9.17, 15) is 14.4 Å². The number of aryl methyl sites for hydroxylation is 1. The van der Waals surface area contributed by atoms with Crippen molar-refractivity contribution in [3.05, 3.63) is 27.8 Å².